The highest BCUT2D eigenvalue weighted by Crippen LogP contribution is 2.16. The predicted octanol–water partition coefficient (Wildman–Crippen LogP) is 5.44. The van der Waals surface area contributed by atoms with E-state index in [0.717, 1.165) is 22.3 Å². The van der Waals surface area contributed by atoms with Crippen LogP contribution in [0.15, 0.2) is 72.8 Å². The smallest absolute Gasteiger partial charge is 0.116 e. The van der Waals surface area contributed by atoms with Crippen molar-refractivity contribution in [2.24, 2.45) is 0 Å². The molecule has 0 aliphatic carbocycles. The van der Waals surface area contributed by atoms with E-state index in [2.05, 4.69) is 0 Å². The van der Waals surface area contributed by atoms with Crippen molar-refractivity contribution in [3.8, 4) is 11.5 Å². The van der Waals surface area contributed by atoms with Crippen LogP contribution >= 0.6 is 0 Å². The molecular weight excluding hydrogens is 296 g/mol. The van der Waals surface area contributed by atoms with Gasteiger partial charge in [-0.05, 0) is 46.5 Å². The first-order valence-electron chi connectivity index (χ1n) is 7.73. The fourth-order valence-corrected chi connectivity index (χ4v) is 2.36. The minimum atomic E-state index is 0.268. The Morgan fingerprint density at radius 1 is 0.458 bits per heavy atom. The van der Waals surface area contributed by atoms with E-state index in [9.17, 15) is 10.2 Å². The van der Waals surface area contributed by atoms with Crippen molar-refractivity contribution in [1.29, 1.82) is 0 Å². The van der Waals surface area contributed by atoms with Crippen molar-refractivity contribution in [2.45, 2.75) is 0 Å². The zero-order valence-electron chi connectivity index (χ0n) is 13.1. The third kappa shape index (κ3) is 4.37. The topological polar surface area (TPSA) is 40.5 Å². The van der Waals surface area contributed by atoms with E-state index < -0.39 is 0 Å². The zero-order valence-corrected chi connectivity index (χ0v) is 13.1. The van der Waals surface area contributed by atoms with Crippen LogP contribution < -0.4 is 0 Å². The predicted molar refractivity (Wildman–Crippen MR) is 101 cm³/mol. The van der Waals surface area contributed by atoms with Crippen molar-refractivity contribution in [3.63, 3.8) is 0 Å². The second kappa shape index (κ2) is 7.34. The molecule has 3 aromatic rings. The summed E-state index contributed by atoms with van der Waals surface area (Å²) in [5.74, 6) is 0.536. The minimum absolute atomic E-state index is 0.268. The first kappa shape index (κ1) is 15.6. The molecule has 0 radical (unpaired) electrons. The Morgan fingerprint density at radius 3 is 1.21 bits per heavy atom. The Bertz CT molecular complexity index is 800. The van der Waals surface area contributed by atoms with Gasteiger partial charge in [0, 0.05) is 0 Å². The number of rotatable bonds is 4. The van der Waals surface area contributed by atoms with Crippen LogP contribution in [-0.4, -0.2) is 10.2 Å². The van der Waals surface area contributed by atoms with Crippen LogP contribution in [0.5, 0.6) is 11.5 Å². The monoisotopic (exact) mass is 314 g/mol. The fraction of sp³-hybridized carbons (Fsp3) is 0. The molecule has 24 heavy (non-hydrogen) atoms. The summed E-state index contributed by atoms with van der Waals surface area (Å²) in [7, 11) is 0. The zero-order chi connectivity index (χ0) is 16.8. The Morgan fingerprint density at radius 2 is 0.833 bits per heavy atom. The van der Waals surface area contributed by atoms with Crippen LogP contribution in [0.25, 0.3) is 24.3 Å². The minimum Gasteiger partial charge on any atom is -0.508 e. The molecule has 0 aliphatic heterocycles. The Balaban J connectivity index is 1.69. The molecule has 0 amide bonds. The number of aromatic hydroxyl groups is 2. The van der Waals surface area contributed by atoms with Gasteiger partial charge in [-0.3, -0.25) is 0 Å². The summed E-state index contributed by atoms with van der Waals surface area (Å²) in [6.07, 6.45) is 7.96. The lowest BCUT2D eigenvalue weighted by molar-refractivity contribution is 0.474. The van der Waals surface area contributed by atoms with Gasteiger partial charge in [-0.15, -0.1) is 0 Å². The lowest BCUT2D eigenvalue weighted by Gasteiger charge is -1.98. The Kier molecular flexibility index (Phi) is 4.78. The standard InChI is InChI=1S/C22H18O2/c23-21-5-1-3-19(15-21)13-11-17-7-9-18(10-8-17)12-14-20-4-2-6-22(24)16-20/h1-16,23-24H/b13-11-,14-12-. The molecule has 3 rings (SSSR count). The quantitative estimate of drug-likeness (QED) is 0.630. The summed E-state index contributed by atoms with van der Waals surface area (Å²) < 4.78 is 0. The average Bonchev–Trinajstić information content (AvgIpc) is 2.59. The second-order valence-corrected chi connectivity index (χ2v) is 5.52. The third-order valence-electron chi connectivity index (χ3n) is 3.61. The highest BCUT2D eigenvalue weighted by Gasteiger charge is 1.93. The lowest BCUT2D eigenvalue weighted by Crippen LogP contribution is -1.76. The molecule has 0 bridgehead atoms. The summed E-state index contributed by atoms with van der Waals surface area (Å²) in [6, 6.07) is 22.5. The molecule has 0 aliphatic rings. The number of hydrogen-bond donors (Lipinski definition) is 2. The van der Waals surface area contributed by atoms with Crippen molar-refractivity contribution in [2.75, 3.05) is 0 Å². The molecule has 0 atom stereocenters. The molecule has 3 aromatic carbocycles. The van der Waals surface area contributed by atoms with E-state index in [-0.39, 0.29) is 11.5 Å². The van der Waals surface area contributed by atoms with Crippen LogP contribution in [0.4, 0.5) is 0 Å². The summed E-state index contributed by atoms with van der Waals surface area (Å²) >= 11 is 0. The first-order valence-corrected chi connectivity index (χ1v) is 7.73. The van der Waals surface area contributed by atoms with E-state index in [0.29, 0.717) is 0 Å². The van der Waals surface area contributed by atoms with E-state index >= 15 is 0 Å². The molecular formula is C22H18O2. The maximum atomic E-state index is 9.46. The van der Waals surface area contributed by atoms with Gasteiger partial charge >= 0.3 is 0 Å². The van der Waals surface area contributed by atoms with Gasteiger partial charge in [0.1, 0.15) is 11.5 Å². The van der Waals surface area contributed by atoms with Crippen molar-refractivity contribution < 1.29 is 10.2 Å². The second-order valence-electron chi connectivity index (χ2n) is 5.52. The largest absolute Gasteiger partial charge is 0.508 e. The van der Waals surface area contributed by atoms with E-state index in [4.69, 9.17) is 0 Å². The molecule has 0 spiro atoms. The summed E-state index contributed by atoms with van der Waals surface area (Å²) in [6.45, 7) is 0. The van der Waals surface area contributed by atoms with E-state index in [1.165, 1.54) is 0 Å². The van der Waals surface area contributed by atoms with Gasteiger partial charge in [-0.25, -0.2) is 0 Å². The van der Waals surface area contributed by atoms with Gasteiger partial charge in [-0.1, -0.05) is 72.8 Å². The summed E-state index contributed by atoms with van der Waals surface area (Å²) in [5.41, 5.74) is 4.10. The van der Waals surface area contributed by atoms with Gasteiger partial charge in [0.2, 0.25) is 0 Å². The molecule has 0 fully saturated rings. The first-order chi connectivity index (χ1) is 11.7. The van der Waals surface area contributed by atoms with Crippen LogP contribution in [-0.2, 0) is 0 Å². The molecule has 118 valence electrons. The average molecular weight is 314 g/mol. The summed E-state index contributed by atoms with van der Waals surface area (Å²) in [4.78, 5) is 0. The van der Waals surface area contributed by atoms with Gasteiger partial charge in [0.15, 0.2) is 0 Å². The van der Waals surface area contributed by atoms with Crippen LogP contribution in [0.2, 0.25) is 0 Å². The van der Waals surface area contributed by atoms with E-state index in [1.807, 2.05) is 72.8 Å². The normalized spacial score (nSPS) is 11.3. The van der Waals surface area contributed by atoms with Crippen LogP contribution in [0.3, 0.4) is 0 Å². The van der Waals surface area contributed by atoms with Crippen molar-refractivity contribution in [3.05, 3.63) is 95.1 Å². The maximum Gasteiger partial charge on any atom is 0.116 e. The highest BCUT2D eigenvalue weighted by atomic mass is 16.3. The molecule has 2 heteroatoms. The number of benzene rings is 3. The third-order valence-corrected chi connectivity index (χ3v) is 3.61. The van der Waals surface area contributed by atoms with Gasteiger partial charge in [0.25, 0.3) is 0 Å². The van der Waals surface area contributed by atoms with Crippen molar-refractivity contribution >= 4 is 24.3 Å². The number of phenols is 2. The lowest BCUT2D eigenvalue weighted by atomic mass is 10.1. The highest BCUT2D eigenvalue weighted by molar-refractivity contribution is 5.73. The molecule has 0 saturated heterocycles. The molecule has 0 heterocycles. The molecule has 2 nitrogen and oxygen atoms in total. The molecule has 2 N–H and O–H groups in total. The Hall–Kier alpha value is -3.26. The fourth-order valence-electron chi connectivity index (χ4n) is 2.36. The maximum absolute atomic E-state index is 9.46. The number of hydrogen-bond acceptors (Lipinski definition) is 2. The van der Waals surface area contributed by atoms with Crippen LogP contribution in [0.1, 0.15) is 22.3 Å². The van der Waals surface area contributed by atoms with Gasteiger partial charge in [-0.2, -0.15) is 0 Å². The Labute approximate surface area is 141 Å². The van der Waals surface area contributed by atoms with Gasteiger partial charge in [0.05, 0.1) is 0 Å². The molecule has 0 saturated carbocycles. The van der Waals surface area contributed by atoms with Crippen LogP contribution in [0, 0.1) is 0 Å². The van der Waals surface area contributed by atoms with E-state index in [1.54, 1.807) is 24.3 Å². The summed E-state index contributed by atoms with van der Waals surface area (Å²) in [5, 5.41) is 18.9. The van der Waals surface area contributed by atoms with Gasteiger partial charge < -0.3 is 10.2 Å². The number of phenolic OH excluding ortho intramolecular Hbond substituents is 2. The SMILES string of the molecule is Oc1cccc(/C=C\c2ccc(/C=C\c3cccc(O)c3)cc2)c1. The molecule has 0 unspecified atom stereocenters. The van der Waals surface area contributed by atoms with Crippen molar-refractivity contribution in [1.82, 2.24) is 0 Å². The molecule has 0 aromatic heterocycles.